The van der Waals surface area contributed by atoms with Gasteiger partial charge in [0.2, 0.25) is 18.1 Å². The van der Waals surface area contributed by atoms with Crippen molar-refractivity contribution in [3.05, 3.63) is 29.6 Å². The van der Waals surface area contributed by atoms with E-state index in [2.05, 4.69) is 29.8 Å². The minimum Gasteiger partial charge on any atom is -0.371 e. The highest BCUT2D eigenvalue weighted by Gasteiger charge is 2.62. The molecule has 264 valence electrons. The Hall–Kier alpha value is -3.69. The van der Waals surface area contributed by atoms with Gasteiger partial charge in [0.1, 0.15) is 17.8 Å². The highest BCUT2D eigenvalue weighted by atomic mass is 19.4. The summed E-state index contributed by atoms with van der Waals surface area (Å²) in [5.74, 6) is -3.78. The number of anilines is 1. The molecular formula is C31H43F6N5O5. The van der Waals surface area contributed by atoms with Crippen molar-refractivity contribution in [2.75, 3.05) is 51.6 Å². The number of hydrogen-bond acceptors (Lipinski definition) is 7. The van der Waals surface area contributed by atoms with Crippen molar-refractivity contribution in [1.29, 1.82) is 0 Å². The van der Waals surface area contributed by atoms with Gasteiger partial charge in [-0.1, -0.05) is 20.8 Å². The molecule has 4 atom stereocenters. The Labute approximate surface area is 270 Å². The average Bonchev–Trinajstić information content (AvgIpc) is 3.27. The van der Waals surface area contributed by atoms with Crippen LogP contribution in [0.25, 0.3) is 0 Å². The number of nitrogens with one attached hydrogen (secondary N) is 3. The van der Waals surface area contributed by atoms with Gasteiger partial charge in [0.15, 0.2) is 11.6 Å². The molecule has 3 fully saturated rings. The van der Waals surface area contributed by atoms with Gasteiger partial charge in [0, 0.05) is 50.7 Å². The number of carbonyl (C=O) groups excluding carboxylic acids is 5. The Morgan fingerprint density at radius 2 is 1.57 bits per heavy atom. The lowest BCUT2D eigenvalue weighted by molar-refractivity contribution is -0.148. The van der Waals surface area contributed by atoms with Crippen LogP contribution in [0.1, 0.15) is 46.5 Å². The molecule has 1 aliphatic carbocycles. The number of likely N-dealkylation sites (tertiary alicyclic amines) is 2. The monoisotopic (exact) mass is 679 g/mol. The van der Waals surface area contributed by atoms with Crippen molar-refractivity contribution in [1.82, 2.24) is 20.4 Å². The molecule has 3 aliphatic rings. The number of benzene rings is 1. The number of rotatable bonds is 13. The number of ketones is 1. The summed E-state index contributed by atoms with van der Waals surface area (Å²) >= 11 is 0. The predicted octanol–water partition coefficient (Wildman–Crippen LogP) is 3.31. The van der Waals surface area contributed by atoms with Gasteiger partial charge in [-0.2, -0.15) is 13.2 Å². The van der Waals surface area contributed by atoms with Gasteiger partial charge in [-0.25, -0.2) is 13.2 Å². The number of aldehydes is 1. The molecule has 3 amide bonds. The van der Waals surface area contributed by atoms with Crippen molar-refractivity contribution < 1.29 is 50.3 Å². The first-order chi connectivity index (χ1) is 22.0. The highest BCUT2D eigenvalue weighted by Crippen LogP contribution is 2.61. The number of nitrogens with zero attached hydrogens (tertiary/aromatic N) is 2. The van der Waals surface area contributed by atoms with Crippen LogP contribution in [0.3, 0.4) is 0 Å². The SMILES string of the molecule is CC1(C)C2CN(C(=O)CNc3c(F)cc(F)cc3F)CC21.CCC(F)(F)F.CNCCC(C=O)CC(NC=O)C(=O)C(=O)N1CCC1. The van der Waals surface area contributed by atoms with Crippen molar-refractivity contribution >= 4 is 36.0 Å². The fourth-order valence-electron chi connectivity index (χ4n) is 5.35. The molecule has 3 N–H and O–H groups in total. The Balaban J connectivity index is 0.000000280. The summed E-state index contributed by atoms with van der Waals surface area (Å²) in [4.78, 5) is 60.7. The largest absolute Gasteiger partial charge is 0.388 e. The van der Waals surface area contributed by atoms with Gasteiger partial charge >= 0.3 is 6.18 Å². The summed E-state index contributed by atoms with van der Waals surface area (Å²) in [6.07, 6.45) is -1.93. The second-order valence-electron chi connectivity index (χ2n) is 12.3. The molecule has 0 radical (unpaired) electrons. The fraction of sp³-hybridized carbons (Fsp3) is 0.645. The minimum atomic E-state index is -3.96. The summed E-state index contributed by atoms with van der Waals surface area (Å²) in [5.41, 5.74) is -0.159. The normalized spacial score (nSPS) is 20.1. The summed E-state index contributed by atoms with van der Waals surface area (Å²) in [6, 6.07) is 0.250. The van der Waals surface area contributed by atoms with Gasteiger partial charge in [-0.15, -0.1) is 0 Å². The smallest absolute Gasteiger partial charge is 0.371 e. The van der Waals surface area contributed by atoms with Gasteiger partial charge in [0.25, 0.3) is 5.91 Å². The third kappa shape index (κ3) is 11.5. The van der Waals surface area contributed by atoms with Gasteiger partial charge < -0.3 is 30.5 Å². The summed E-state index contributed by atoms with van der Waals surface area (Å²) < 4.78 is 72.0. The lowest BCUT2D eigenvalue weighted by Crippen LogP contribution is -2.51. The molecule has 1 aromatic carbocycles. The zero-order valence-corrected chi connectivity index (χ0v) is 26.9. The maximum Gasteiger partial charge on any atom is 0.388 e. The Kier molecular flexibility index (Phi) is 14.7. The minimum absolute atomic E-state index is 0.155. The molecule has 1 aromatic rings. The van der Waals surface area contributed by atoms with Crippen LogP contribution in [0.2, 0.25) is 0 Å². The number of Topliss-reactive ketones (excluding diaryl/α,β-unsaturated/α-hetero) is 1. The molecule has 2 heterocycles. The number of amides is 3. The van der Waals surface area contributed by atoms with Gasteiger partial charge in [0.05, 0.1) is 12.6 Å². The van der Waals surface area contributed by atoms with Crippen LogP contribution in [0, 0.1) is 40.6 Å². The molecule has 2 aliphatic heterocycles. The second kappa shape index (κ2) is 17.5. The molecular weight excluding hydrogens is 636 g/mol. The van der Waals surface area contributed by atoms with E-state index in [4.69, 9.17) is 0 Å². The van der Waals surface area contributed by atoms with Crippen molar-refractivity contribution in [3.63, 3.8) is 0 Å². The fourth-order valence-corrected chi connectivity index (χ4v) is 5.35. The first-order valence-electron chi connectivity index (χ1n) is 15.4. The summed E-state index contributed by atoms with van der Waals surface area (Å²) in [6.45, 7) is 8.45. The number of alkyl halides is 3. The molecule has 2 saturated heterocycles. The molecule has 16 heteroatoms. The van der Waals surface area contributed by atoms with E-state index in [1.165, 1.54) is 4.90 Å². The lowest BCUT2D eigenvalue weighted by Gasteiger charge is -2.31. The molecule has 10 nitrogen and oxygen atoms in total. The van der Waals surface area contributed by atoms with Crippen molar-refractivity contribution in [3.8, 4) is 0 Å². The van der Waals surface area contributed by atoms with Gasteiger partial charge in [-0.05, 0) is 50.1 Å². The van der Waals surface area contributed by atoms with Crippen molar-refractivity contribution in [2.45, 2.75) is 58.7 Å². The predicted molar refractivity (Wildman–Crippen MR) is 160 cm³/mol. The van der Waals surface area contributed by atoms with Crippen LogP contribution in [-0.2, 0) is 24.0 Å². The van der Waals surface area contributed by atoms with Crippen LogP contribution in [0.15, 0.2) is 12.1 Å². The third-order valence-electron chi connectivity index (χ3n) is 8.73. The highest BCUT2D eigenvalue weighted by molar-refractivity contribution is 6.38. The first-order valence-corrected chi connectivity index (χ1v) is 15.4. The van der Waals surface area contributed by atoms with E-state index in [-0.39, 0.29) is 24.8 Å². The molecule has 47 heavy (non-hydrogen) atoms. The van der Waals surface area contributed by atoms with E-state index in [1.54, 1.807) is 11.9 Å². The Bertz CT molecular complexity index is 1220. The number of piperidine rings is 1. The standard InChI is InChI=1S/C15H17F3N2O.C13H21N3O4.C3H5F3/c1-15(2)9-6-20(7-10(9)15)13(21)5-19-14-11(17)3-8(16)4-12(14)18;1-14-4-3-10(8-17)7-11(15-9-18)12(19)13(20)16-5-2-6-16;1-2-3(4,5)6/h3-4,9-10,19H,5-7H2,1-2H3;8-11,14H,2-7H2,1H3,(H,15,18);2H2,1H3. The third-order valence-corrected chi connectivity index (χ3v) is 8.73. The van der Waals surface area contributed by atoms with Crippen LogP contribution in [-0.4, -0.2) is 98.6 Å². The zero-order chi connectivity index (χ0) is 35.5. The maximum absolute atomic E-state index is 13.4. The van der Waals surface area contributed by atoms with E-state index >= 15 is 0 Å². The number of hydrogen-bond donors (Lipinski definition) is 3. The van der Waals surface area contributed by atoms with E-state index in [9.17, 15) is 50.3 Å². The second-order valence-corrected chi connectivity index (χ2v) is 12.3. The topological polar surface area (TPSA) is 128 Å². The molecule has 4 rings (SSSR count). The van der Waals surface area contributed by atoms with Crippen LogP contribution in [0.4, 0.5) is 32.0 Å². The van der Waals surface area contributed by atoms with Crippen LogP contribution >= 0.6 is 0 Å². The van der Waals surface area contributed by atoms with E-state index in [0.717, 1.165) is 19.6 Å². The molecule has 1 saturated carbocycles. The van der Waals surface area contributed by atoms with Gasteiger partial charge in [-0.3, -0.25) is 19.2 Å². The van der Waals surface area contributed by atoms with Crippen LogP contribution in [0.5, 0.6) is 0 Å². The van der Waals surface area contributed by atoms with E-state index in [1.807, 2.05) is 0 Å². The quantitative estimate of drug-likeness (QED) is 0.166. The molecule has 0 aromatic heterocycles. The molecule has 0 spiro atoms. The zero-order valence-electron chi connectivity index (χ0n) is 26.9. The molecule has 0 bridgehead atoms. The number of fused-ring (bicyclic) bond motifs is 1. The first kappa shape index (κ1) is 39.5. The average molecular weight is 680 g/mol. The maximum atomic E-state index is 13.4. The summed E-state index contributed by atoms with van der Waals surface area (Å²) in [5, 5.41) is 7.70. The Morgan fingerprint density at radius 1 is 1.02 bits per heavy atom. The lowest BCUT2D eigenvalue weighted by atomic mass is 9.94. The molecule has 4 unspecified atom stereocenters. The van der Waals surface area contributed by atoms with Crippen molar-refractivity contribution in [2.24, 2.45) is 23.2 Å². The Morgan fingerprint density at radius 3 is 2.00 bits per heavy atom. The van der Waals surface area contributed by atoms with Crippen LogP contribution < -0.4 is 16.0 Å². The number of halogens is 6. The van der Waals surface area contributed by atoms with E-state index < -0.39 is 53.5 Å². The van der Waals surface area contributed by atoms with E-state index in [0.29, 0.717) is 74.9 Å². The number of carbonyl (C=O) groups is 5. The summed E-state index contributed by atoms with van der Waals surface area (Å²) in [7, 11) is 1.77.